The lowest BCUT2D eigenvalue weighted by Crippen LogP contribution is -2.51. The molecule has 7 nitrogen and oxygen atoms in total. The molecule has 1 aliphatic rings. The summed E-state index contributed by atoms with van der Waals surface area (Å²) in [6.45, 7) is 5.63. The lowest BCUT2D eigenvalue weighted by molar-refractivity contribution is -0.139. The smallest absolute Gasteiger partial charge is 0.318 e. The van der Waals surface area contributed by atoms with E-state index in [0.717, 1.165) is 10.6 Å². The maximum Gasteiger partial charge on any atom is 0.344 e. The topological polar surface area (TPSA) is 90.5 Å². The highest BCUT2D eigenvalue weighted by molar-refractivity contribution is 6.08. The van der Waals surface area contributed by atoms with Crippen LogP contribution >= 0.6 is 0 Å². The number of urea groups is 1. The second-order valence-electron chi connectivity index (χ2n) is 7.88. The van der Waals surface area contributed by atoms with Crippen molar-refractivity contribution in [3.05, 3.63) is 71.5 Å². The second kappa shape index (κ2) is 9.26. The summed E-state index contributed by atoms with van der Waals surface area (Å²) < 4.78 is 13.2. The molecular formula is C23H27FN4O3. The highest BCUT2D eigenvalue weighted by Gasteiger charge is 2.52. The number of rotatable bonds is 8. The molecule has 2 aromatic rings. The molecule has 3 rings (SSSR count). The minimum absolute atomic E-state index is 0.123. The number of halogens is 1. The first-order valence-electron chi connectivity index (χ1n) is 10.3. The van der Waals surface area contributed by atoms with E-state index in [2.05, 4.69) is 16.1 Å². The third-order valence-corrected chi connectivity index (χ3v) is 5.50. The van der Waals surface area contributed by atoms with Crippen LogP contribution in [0.5, 0.6) is 0 Å². The van der Waals surface area contributed by atoms with Crippen molar-refractivity contribution < 1.29 is 18.8 Å². The van der Waals surface area contributed by atoms with Gasteiger partial charge in [-0.1, -0.05) is 63.2 Å². The minimum atomic E-state index is -1.21. The molecule has 0 aromatic heterocycles. The maximum absolute atomic E-state index is 13.2. The number of hydrogen-bond donors (Lipinski definition) is 3. The molecule has 31 heavy (non-hydrogen) atoms. The number of amides is 4. The quantitative estimate of drug-likeness (QED) is 0.566. The van der Waals surface area contributed by atoms with Crippen LogP contribution in [0.4, 0.5) is 9.18 Å². The molecule has 8 heteroatoms. The van der Waals surface area contributed by atoms with Gasteiger partial charge in [-0.2, -0.15) is 5.01 Å². The largest absolute Gasteiger partial charge is 0.344 e. The van der Waals surface area contributed by atoms with Gasteiger partial charge in [0.25, 0.3) is 11.8 Å². The first kappa shape index (κ1) is 22.4. The van der Waals surface area contributed by atoms with Crippen molar-refractivity contribution in [1.29, 1.82) is 0 Å². The summed E-state index contributed by atoms with van der Waals surface area (Å²) in [5, 5.41) is 6.58. The number of hydrazine groups is 1. The number of imide groups is 1. The zero-order chi connectivity index (χ0) is 22.6. The van der Waals surface area contributed by atoms with Gasteiger partial charge >= 0.3 is 6.03 Å². The molecular weight excluding hydrogens is 399 g/mol. The molecule has 0 bridgehead atoms. The number of hydrogen-bond acceptors (Lipinski definition) is 4. The number of carbonyl (C=O) groups excluding carboxylic acids is 3. The van der Waals surface area contributed by atoms with Crippen LogP contribution in [0.25, 0.3) is 0 Å². The molecule has 0 aliphatic carbocycles. The standard InChI is InChI=1S/C23H27FN4O3/c1-4-23(17-8-6-5-7-9-17)21(30)28(22(31)26-23)27-19(29)14-25-20(15(2)3)16-10-12-18(24)13-11-16/h5-13,15,20,25H,4,14H2,1-3H3,(H,26,31)(H,27,29)/t20-,23+/m1/s1. The van der Waals surface area contributed by atoms with E-state index in [1.807, 2.05) is 19.9 Å². The molecule has 2 aromatic carbocycles. The molecule has 1 fully saturated rings. The zero-order valence-corrected chi connectivity index (χ0v) is 17.8. The SMILES string of the molecule is CC[C@@]1(c2ccccc2)NC(=O)N(NC(=O)CN[C@@H](c2ccc(F)cc2)C(C)C)C1=O. The summed E-state index contributed by atoms with van der Waals surface area (Å²) >= 11 is 0. The van der Waals surface area contributed by atoms with Gasteiger partial charge in [-0.05, 0) is 35.6 Å². The first-order valence-corrected chi connectivity index (χ1v) is 10.3. The van der Waals surface area contributed by atoms with Gasteiger partial charge in [0, 0.05) is 6.04 Å². The molecule has 1 aliphatic heterocycles. The predicted molar refractivity (Wildman–Crippen MR) is 114 cm³/mol. The average Bonchev–Trinajstić information content (AvgIpc) is 3.00. The van der Waals surface area contributed by atoms with Crippen molar-refractivity contribution >= 4 is 17.8 Å². The summed E-state index contributed by atoms with van der Waals surface area (Å²) in [5.41, 5.74) is 2.68. The van der Waals surface area contributed by atoms with E-state index in [-0.39, 0.29) is 24.3 Å². The van der Waals surface area contributed by atoms with Gasteiger partial charge in [-0.15, -0.1) is 0 Å². The Kier molecular flexibility index (Phi) is 6.70. The Morgan fingerprint density at radius 2 is 1.74 bits per heavy atom. The number of nitrogens with zero attached hydrogens (tertiary/aromatic N) is 1. The van der Waals surface area contributed by atoms with E-state index in [1.165, 1.54) is 12.1 Å². The Hall–Kier alpha value is -3.26. The van der Waals surface area contributed by atoms with E-state index in [1.54, 1.807) is 43.3 Å². The zero-order valence-electron chi connectivity index (χ0n) is 17.8. The van der Waals surface area contributed by atoms with Crippen molar-refractivity contribution in [1.82, 2.24) is 21.1 Å². The number of nitrogens with one attached hydrogen (secondary N) is 3. The molecule has 164 valence electrons. The third kappa shape index (κ3) is 4.59. The van der Waals surface area contributed by atoms with E-state index < -0.39 is 23.4 Å². The molecule has 1 heterocycles. The Bertz CT molecular complexity index is 949. The summed E-state index contributed by atoms with van der Waals surface area (Å²) in [6, 6.07) is 14.1. The normalized spacial score (nSPS) is 19.5. The Morgan fingerprint density at radius 3 is 2.32 bits per heavy atom. The van der Waals surface area contributed by atoms with Gasteiger partial charge in [0.15, 0.2) is 0 Å². The Morgan fingerprint density at radius 1 is 1.10 bits per heavy atom. The number of carbonyl (C=O) groups is 3. The molecule has 2 atom stereocenters. The van der Waals surface area contributed by atoms with Crippen LogP contribution < -0.4 is 16.1 Å². The van der Waals surface area contributed by atoms with Gasteiger partial charge in [0.2, 0.25) is 0 Å². The van der Waals surface area contributed by atoms with E-state index >= 15 is 0 Å². The van der Waals surface area contributed by atoms with Crippen LogP contribution in [0.1, 0.15) is 44.4 Å². The predicted octanol–water partition coefficient (Wildman–Crippen LogP) is 3.00. The van der Waals surface area contributed by atoms with Crippen LogP contribution in [-0.4, -0.2) is 29.4 Å². The maximum atomic E-state index is 13.2. The Labute approximate surface area is 181 Å². The lowest BCUT2D eigenvalue weighted by atomic mass is 9.87. The van der Waals surface area contributed by atoms with Gasteiger partial charge in [-0.3, -0.25) is 15.0 Å². The molecule has 0 saturated carbocycles. The van der Waals surface area contributed by atoms with Crippen LogP contribution in [-0.2, 0) is 15.1 Å². The molecule has 3 N–H and O–H groups in total. The van der Waals surface area contributed by atoms with Crippen LogP contribution in [0, 0.1) is 11.7 Å². The van der Waals surface area contributed by atoms with Crippen LogP contribution in [0.3, 0.4) is 0 Å². The average molecular weight is 426 g/mol. The summed E-state index contributed by atoms with van der Waals surface area (Å²) in [5.74, 6) is -1.27. The van der Waals surface area contributed by atoms with Gasteiger partial charge in [-0.25, -0.2) is 9.18 Å². The van der Waals surface area contributed by atoms with Crippen molar-refractivity contribution in [2.45, 2.75) is 38.8 Å². The van der Waals surface area contributed by atoms with E-state index in [9.17, 15) is 18.8 Å². The number of benzene rings is 2. The fourth-order valence-corrected chi connectivity index (χ4v) is 3.81. The van der Waals surface area contributed by atoms with Gasteiger partial charge in [0.05, 0.1) is 6.54 Å². The van der Waals surface area contributed by atoms with Crippen molar-refractivity contribution in [2.75, 3.05) is 6.54 Å². The van der Waals surface area contributed by atoms with E-state index in [4.69, 9.17) is 0 Å². The highest BCUT2D eigenvalue weighted by atomic mass is 19.1. The molecule has 0 spiro atoms. The van der Waals surface area contributed by atoms with Gasteiger partial charge in [0.1, 0.15) is 11.4 Å². The fraction of sp³-hybridized carbons (Fsp3) is 0.348. The summed E-state index contributed by atoms with van der Waals surface area (Å²) in [6.07, 6.45) is 0.339. The van der Waals surface area contributed by atoms with Crippen molar-refractivity contribution in [2.24, 2.45) is 5.92 Å². The summed E-state index contributed by atoms with van der Waals surface area (Å²) in [4.78, 5) is 38.1. The fourth-order valence-electron chi connectivity index (χ4n) is 3.81. The highest BCUT2D eigenvalue weighted by Crippen LogP contribution is 2.31. The molecule has 0 unspecified atom stereocenters. The summed E-state index contributed by atoms with van der Waals surface area (Å²) in [7, 11) is 0. The Balaban J connectivity index is 1.68. The monoisotopic (exact) mass is 426 g/mol. The molecule has 1 saturated heterocycles. The van der Waals surface area contributed by atoms with Crippen LogP contribution in [0.15, 0.2) is 54.6 Å². The first-order chi connectivity index (χ1) is 14.8. The molecule has 0 radical (unpaired) electrons. The third-order valence-electron chi connectivity index (χ3n) is 5.50. The van der Waals surface area contributed by atoms with Crippen LogP contribution in [0.2, 0.25) is 0 Å². The van der Waals surface area contributed by atoms with E-state index in [0.29, 0.717) is 12.0 Å². The lowest BCUT2D eigenvalue weighted by Gasteiger charge is -2.26. The van der Waals surface area contributed by atoms with Crippen molar-refractivity contribution in [3.63, 3.8) is 0 Å². The van der Waals surface area contributed by atoms with Gasteiger partial charge < -0.3 is 10.6 Å². The second-order valence-corrected chi connectivity index (χ2v) is 7.88. The minimum Gasteiger partial charge on any atom is -0.318 e. The van der Waals surface area contributed by atoms with Crippen molar-refractivity contribution in [3.8, 4) is 0 Å². The molecule has 4 amide bonds.